The third kappa shape index (κ3) is 67.9. The molecule has 0 spiro atoms. The van der Waals surface area contributed by atoms with Crippen LogP contribution in [-0.4, -0.2) is 37.2 Å². The summed E-state index contributed by atoms with van der Waals surface area (Å²) in [6.45, 7) is 6.60. The minimum absolute atomic E-state index is 0.0683. The van der Waals surface area contributed by atoms with Gasteiger partial charge in [-0.25, -0.2) is 0 Å². The molecule has 0 aliphatic rings. The lowest BCUT2D eigenvalue weighted by Crippen LogP contribution is -2.30. The SMILES string of the molecule is CC/C=C\C/C=C\C/C=C\C/C=C\C/C=C\CCCCCCCCCCCCCC(=O)OCC(COC(=O)CCCCCCCCCCCCCCCCCC)OC(=O)CCCCCCCCCCCCCCCCCCCCCCC. The third-order valence-electron chi connectivity index (χ3n) is 16.3. The van der Waals surface area contributed by atoms with Gasteiger partial charge in [0.05, 0.1) is 0 Å². The summed E-state index contributed by atoms with van der Waals surface area (Å²) < 4.78 is 17.0. The standard InChI is InChI=1S/C76H138O6/c1-4-7-10-13-16-19-22-25-28-31-33-35-36-37-38-39-40-42-43-45-48-51-54-57-60-63-66-69-75(78)81-72-73(71-80-74(77)68-65-62-59-56-53-50-47-30-27-24-21-18-15-12-9-6-3)82-76(79)70-67-64-61-58-55-52-49-46-44-41-34-32-29-26-23-20-17-14-11-8-5-2/h7,10,16,19,25,28,33,35,37-38,73H,4-6,8-9,11-15,17-18,20-24,26-27,29-32,34,36,39-72H2,1-3H3/b10-7-,19-16-,28-25-,35-33-,38-37-. The molecule has 0 heterocycles. The monoisotopic (exact) mass is 1150 g/mol. The summed E-state index contributed by atoms with van der Waals surface area (Å²) in [6, 6.07) is 0. The normalized spacial score (nSPS) is 12.4. The Morgan fingerprint density at radius 2 is 0.476 bits per heavy atom. The van der Waals surface area contributed by atoms with Gasteiger partial charge in [-0.3, -0.25) is 14.4 Å². The summed E-state index contributed by atoms with van der Waals surface area (Å²) >= 11 is 0. The van der Waals surface area contributed by atoms with Crippen molar-refractivity contribution in [1.82, 2.24) is 0 Å². The average molecular weight is 1150 g/mol. The van der Waals surface area contributed by atoms with E-state index in [4.69, 9.17) is 14.2 Å². The predicted octanol–water partition coefficient (Wildman–Crippen LogP) is 25.1. The van der Waals surface area contributed by atoms with Crippen LogP contribution in [0.2, 0.25) is 0 Å². The molecular weight excluding hydrogens is 1010 g/mol. The summed E-state index contributed by atoms with van der Waals surface area (Å²) in [5.74, 6) is -0.841. The number of rotatable bonds is 67. The molecule has 0 saturated heterocycles. The van der Waals surface area contributed by atoms with E-state index in [-0.39, 0.29) is 31.1 Å². The van der Waals surface area contributed by atoms with Crippen molar-refractivity contribution in [1.29, 1.82) is 0 Å². The summed E-state index contributed by atoms with van der Waals surface area (Å²) in [4.78, 5) is 38.5. The highest BCUT2D eigenvalue weighted by molar-refractivity contribution is 5.71. The lowest BCUT2D eigenvalue weighted by molar-refractivity contribution is -0.167. The second-order valence-electron chi connectivity index (χ2n) is 24.5. The Hall–Kier alpha value is -2.89. The zero-order chi connectivity index (χ0) is 59.2. The number of unbranched alkanes of at least 4 members (excludes halogenated alkanes) is 46. The van der Waals surface area contributed by atoms with Crippen molar-refractivity contribution < 1.29 is 28.6 Å². The van der Waals surface area contributed by atoms with E-state index in [9.17, 15) is 14.4 Å². The number of ether oxygens (including phenoxy) is 3. The number of esters is 3. The van der Waals surface area contributed by atoms with Crippen molar-refractivity contribution in [3.63, 3.8) is 0 Å². The number of hydrogen-bond donors (Lipinski definition) is 0. The van der Waals surface area contributed by atoms with Gasteiger partial charge in [0, 0.05) is 19.3 Å². The second kappa shape index (κ2) is 70.6. The van der Waals surface area contributed by atoms with Crippen molar-refractivity contribution in [2.45, 2.75) is 393 Å². The average Bonchev–Trinajstić information content (AvgIpc) is 3.47. The van der Waals surface area contributed by atoms with Gasteiger partial charge in [-0.15, -0.1) is 0 Å². The third-order valence-corrected chi connectivity index (χ3v) is 16.3. The van der Waals surface area contributed by atoms with E-state index >= 15 is 0 Å². The molecule has 0 bridgehead atoms. The van der Waals surface area contributed by atoms with E-state index in [1.165, 1.54) is 257 Å². The molecule has 6 nitrogen and oxygen atoms in total. The van der Waals surface area contributed by atoms with Crippen molar-refractivity contribution in [3.8, 4) is 0 Å². The first-order valence-corrected chi connectivity index (χ1v) is 36.3. The van der Waals surface area contributed by atoms with Crippen LogP contribution in [0.4, 0.5) is 0 Å². The first kappa shape index (κ1) is 79.1. The molecule has 0 saturated carbocycles. The van der Waals surface area contributed by atoms with E-state index < -0.39 is 6.10 Å². The van der Waals surface area contributed by atoms with Crippen molar-refractivity contribution in [2.24, 2.45) is 0 Å². The van der Waals surface area contributed by atoms with E-state index in [2.05, 4.69) is 81.5 Å². The second-order valence-corrected chi connectivity index (χ2v) is 24.5. The van der Waals surface area contributed by atoms with Crippen molar-refractivity contribution in [2.75, 3.05) is 13.2 Å². The molecule has 0 aromatic carbocycles. The Labute approximate surface area is 510 Å². The number of allylic oxidation sites excluding steroid dienone is 10. The molecule has 0 radical (unpaired) electrons. The van der Waals surface area contributed by atoms with Gasteiger partial charge in [-0.2, -0.15) is 0 Å². The lowest BCUT2D eigenvalue weighted by atomic mass is 10.0. The van der Waals surface area contributed by atoms with Crippen molar-refractivity contribution in [3.05, 3.63) is 60.8 Å². The number of hydrogen-bond acceptors (Lipinski definition) is 6. The van der Waals surface area contributed by atoms with Crippen LogP contribution in [0.3, 0.4) is 0 Å². The summed E-state index contributed by atoms with van der Waals surface area (Å²) in [5, 5.41) is 0. The fraction of sp³-hybridized carbons (Fsp3) is 0.829. The van der Waals surface area contributed by atoms with Crippen LogP contribution in [0.25, 0.3) is 0 Å². The van der Waals surface area contributed by atoms with Gasteiger partial charge in [0.2, 0.25) is 0 Å². The molecule has 0 aromatic heterocycles. The van der Waals surface area contributed by atoms with Crippen LogP contribution in [0, 0.1) is 0 Å². The molecule has 1 unspecified atom stereocenters. The molecule has 82 heavy (non-hydrogen) atoms. The van der Waals surface area contributed by atoms with Gasteiger partial charge in [0.25, 0.3) is 0 Å². The van der Waals surface area contributed by atoms with Crippen LogP contribution in [0.1, 0.15) is 387 Å². The minimum atomic E-state index is -0.773. The molecule has 1 atom stereocenters. The van der Waals surface area contributed by atoms with Crippen LogP contribution in [-0.2, 0) is 28.6 Å². The first-order chi connectivity index (χ1) is 40.5. The summed E-state index contributed by atoms with van der Waals surface area (Å²) in [5.41, 5.74) is 0. The molecule has 0 aromatic rings. The Morgan fingerprint density at radius 1 is 0.256 bits per heavy atom. The van der Waals surface area contributed by atoms with E-state index in [1.54, 1.807) is 0 Å². The zero-order valence-corrected chi connectivity index (χ0v) is 55.0. The molecule has 478 valence electrons. The fourth-order valence-electron chi connectivity index (χ4n) is 10.9. The van der Waals surface area contributed by atoms with Crippen molar-refractivity contribution >= 4 is 17.9 Å². The molecule has 0 aliphatic carbocycles. The lowest BCUT2D eigenvalue weighted by Gasteiger charge is -2.18. The van der Waals surface area contributed by atoms with Gasteiger partial charge < -0.3 is 14.2 Å². The highest BCUT2D eigenvalue weighted by atomic mass is 16.6. The molecule has 0 fully saturated rings. The molecular formula is C76H138O6. The molecule has 0 rings (SSSR count). The number of carbonyl (C=O) groups is 3. The topological polar surface area (TPSA) is 78.9 Å². The molecule has 0 amide bonds. The maximum absolute atomic E-state index is 13.0. The van der Waals surface area contributed by atoms with Gasteiger partial charge >= 0.3 is 17.9 Å². The highest BCUT2D eigenvalue weighted by Gasteiger charge is 2.19. The van der Waals surface area contributed by atoms with E-state index in [0.29, 0.717) is 19.3 Å². The van der Waals surface area contributed by atoms with Gasteiger partial charge in [0.1, 0.15) is 13.2 Å². The van der Waals surface area contributed by atoms with Crippen LogP contribution < -0.4 is 0 Å². The predicted molar refractivity (Wildman–Crippen MR) is 358 cm³/mol. The Bertz CT molecular complexity index is 1460. The van der Waals surface area contributed by atoms with Crippen LogP contribution in [0.15, 0.2) is 60.8 Å². The zero-order valence-electron chi connectivity index (χ0n) is 55.0. The minimum Gasteiger partial charge on any atom is -0.462 e. The smallest absolute Gasteiger partial charge is 0.306 e. The Morgan fingerprint density at radius 3 is 0.744 bits per heavy atom. The van der Waals surface area contributed by atoms with E-state index in [1.807, 2.05) is 0 Å². The highest BCUT2D eigenvalue weighted by Crippen LogP contribution is 2.19. The quantitative estimate of drug-likeness (QED) is 0.0261. The van der Waals surface area contributed by atoms with Gasteiger partial charge in [-0.1, -0.05) is 364 Å². The Balaban J connectivity index is 4.29. The van der Waals surface area contributed by atoms with E-state index in [0.717, 1.165) is 89.9 Å². The van der Waals surface area contributed by atoms with Gasteiger partial charge in [0.15, 0.2) is 6.10 Å². The fourth-order valence-corrected chi connectivity index (χ4v) is 10.9. The number of carbonyl (C=O) groups excluding carboxylic acids is 3. The maximum Gasteiger partial charge on any atom is 0.306 e. The Kier molecular flexibility index (Phi) is 68.1. The molecule has 0 aliphatic heterocycles. The molecule has 6 heteroatoms. The first-order valence-electron chi connectivity index (χ1n) is 36.3. The maximum atomic E-state index is 13.0. The van der Waals surface area contributed by atoms with Gasteiger partial charge in [-0.05, 0) is 64.2 Å². The largest absolute Gasteiger partial charge is 0.462 e. The summed E-state index contributed by atoms with van der Waals surface area (Å²) in [6.07, 6.45) is 91.0. The van der Waals surface area contributed by atoms with Crippen LogP contribution in [0.5, 0.6) is 0 Å². The van der Waals surface area contributed by atoms with Crippen LogP contribution >= 0.6 is 0 Å². The molecule has 0 N–H and O–H groups in total. The summed E-state index contributed by atoms with van der Waals surface area (Å²) in [7, 11) is 0.